The van der Waals surface area contributed by atoms with E-state index in [0.717, 1.165) is 10.6 Å². The van der Waals surface area contributed by atoms with Crippen LogP contribution in [0.25, 0.3) is 0 Å². The Hall–Kier alpha value is -1.43. The molecular formula is C12H17NO4. The van der Waals surface area contributed by atoms with Crippen LogP contribution in [0.1, 0.15) is 11.7 Å². The molecule has 94 valence electrons. The molecule has 0 saturated heterocycles. The van der Waals surface area contributed by atoms with Crippen LogP contribution in [0, 0.1) is 0 Å². The number of rotatable bonds is 6. The summed E-state index contributed by atoms with van der Waals surface area (Å²) in [7, 11) is 4.47. The maximum atomic E-state index is 12.0. The average Bonchev–Trinajstić information content (AvgIpc) is 2.39. The highest BCUT2D eigenvalue weighted by Gasteiger charge is 2.24. The summed E-state index contributed by atoms with van der Waals surface area (Å²) in [4.78, 5) is 16.9. The van der Waals surface area contributed by atoms with Crippen LogP contribution in [0.3, 0.4) is 0 Å². The van der Waals surface area contributed by atoms with E-state index in [4.69, 9.17) is 14.3 Å². The standard InChI is InChI=1S/C12H17NO4/c1-13(16-3)12(14)11(17-9-15-2)10-7-5-4-6-8-10/h4-8,11H,9H2,1-3H3. The Kier molecular flexibility index (Phi) is 5.62. The Morgan fingerprint density at radius 3 is 2.47 bits per heavy atom. The molecule has 0 aliphatic rings. The van der Waals surface area contributed by atoms with Crippen molar-refractivity contribution in [2.24, 2.45) is 0 Å². The molecule has 0 bridgehead atoms. The lowest BCUT2D eigenvalue weighted by Crippen LogP contribution is -2.32. The molecule has 5 nitrogen and oxygen atoms in total. The highest BCUT2D eigenvalue weighted by Crippen LogP contribution is 2.19. The SMILES string of the molecule is COCOC(C(=O)N(C)OC)c1ccccc1. The Morgan fingerprint density at radius 2 is 1.94 bits per heavy atom. The van der Waals surface area contributed by atoms with Crippen LogP contribution in [-0.2, 0) is 19.1 Å². The second-order valence-corrected chi connectivity index (χ2v) is 3.38. The first-order valence-corrected chi connectivity index (χ1v) is 5.18. The molecule has 17 heavy (non-hydrogen) atoms. The minimum Gasteiger partial charge on any atom is -0.359 e. The summed E-state index contributed by atoms with van der Waals surface area (Å²) in [6, 6.07) is 9.21. The molecule has 1 unspecified atom stereocenters. The number of hydrogen-bond donors (Lipinski definition) is 0. The first kappa shape index (κ1) is 13.6. The van der Waals surface area contributed by atoms with E-state index in [1.54, 1.807) is 0 Å². The minimum absolute atomic E-state index is 0.0445. The van der Waals surface area contributed by atoms with Crippen LogP contribution in [0.4, 0.5) is 0 Å². The summed E-state index contributed by atoms with van der Waals surface area (Å²) < 4.78 is 10.2. The van der Waals surface area contributed by atoms with Gasteiger partial charge >= 0.3 is 0 Å². The maximum absolute atomic E-state index is 12.0. The van der Waals surface area contributed by atoms with E-state index in [-0.39, 0.29) is 12.7 Å². The third-order valence-electron chi connectivity index (χ3n) is 2.26. The van der Waals surface area contributed by atoms with Crippen LogP contribution in [0.15, 0.2) is 30.3 Å². The van der Waals surface area contributed by atoms with Gasteiger partial charge in [-0.2, -0.15) is 0 Å². The van der Waals surface area contributed by atoms with Crippen LogP contribution in [0.2, 0.25) is 0 Å². The van der Waals surface area contributed by atoms with Gasteiger partial charge in [0.2, 0.25) is 0 Å². The average molecular weight is 239 g/mol. The quantitative estimate of drug-likeness (QED) is 0.555. The summed E-state index contributed by atoms with van der Waals surface area (Å²) in [6.45, 7) is 0.0445. The van der Waals surface area contributed by atoms with Crippen LogP contribution in [0.5, 0.6) is 0 Å². The van der Waals surface area contributed by atoms with E-state index in [2.05, 4.69) is 0 Å². The van der Waals surface area contributed by atoms with Crippen molar-refractivity contribution in [3.8, 4) is 0 Å². The van der Waals surface area contributed by atoms with E-state index in [1.165, 1.54) is 21.3 Å². The van der Waals surface area contributed by atoms with Crippen molar-refractivity contribution in [2.75, 3.05) is 28.1 Å². The van der Waals surface area contributed by atoms with E-state index < -0.39 is 6.10 Å². The number of carbonyl (C=O) groups excluding carboxylic acids is 1. The molecule has 0 aliphatic carbocycles. The molecule has 1 amide bonds. The Bertz CT molecular complexity index is 342. The summed E-state index contributed by atoms with van der Waals surface area (Å²) >= 11 is 0. The predicted octanol–water partition coefficient (Wildman–Crippen LogP) is 1.37. The highest BCUT2D eigenvalue weighted by atomic mass is 16.7. The Balaban J connectivity index is 2.84. The number of methoxy groups -OCH3 is 1. The highest BCUT2D eigenvalue weighted by molar-refractivity contribution is 5.81. The normalized spacial score (nSPS) is 12.2. The first-order valence-electron chi connectivity index (χ1n) is 5.18. The molecule has 1 atom stereocenters. The number of benzene rings is 1. The zero-order valence-corrected chi connectivity index (χ0v) is 10.3. The van der Waals surface area contributed by atoms with Gasteiger partial charge in [0, 0.05) is 14.2 Å². The third-order valence-corrected chi connectivity index (χ3v) is 2.26. The van der Waals surface area contributed by atoms with Crippen molar-refractivity contribution in [3.63, 3.8) is 0 Å². The molecule has 0 radical (unpaired) electrons. The number of hydrogen-bond acceptors (Lipinski definition) is 4. The van der Waals surface area contributed by atoms with Gasteiger partial charge in [-0.05, 0) is 5.56 Å². The summed E-state index contributed by atoms with van der Waals surface area (Å²) in [5, 5.41) is 1.13. The lowest BCUT2D eigenvalue weighted by atomic mass is 10.1. The van der Waals surface area contributed by atoms with Crippen LogP contribution >= 0.6 is 0 Å². The van der Waals surface area contributed by atoms with Crippen molar-refractivity contribution in [1.29, 1.82) is 0 Å². The van der Waals surface area contributed by atoms with Crippen molar-refractivity contribution in [2.45, 2.75) is 6.10 Å². The zero-order valence-electron chi connectivity index (χ0n) is 10.3. The molecule has 0 aromatic heterocycles. The molecular weight excluding hydrogens is 222 g/mol. The largest absolute Gasteiger partial charge is 0.359 e. The molecule has 0 fully saturated rings. The molecule has 1 rings (SSSR count). The number of carbonyl (C=O) groups is 1. The van der Waals surface area contributed by atoms with E-state index in [9.17, 15) is 4.79 Å². The number of likely N-dealkylation sites (N-methyl/N-ethyl adjacent to an activating group) is 1. The van der Waals surface area contributed by atoms with Gasteiger partial charge in [-0.25, -0.2) is 5.06 Å². The fourth-order valence-corrected chi connectivity index (χ4v) is 1.33. The summed E-state index contributed by atoms with van der Waals surface area (Å²) in [5.74, 6) is -0.282. The predicted molar refractivity (Wildman–Crippen MR) is 61.9 cm³/mol. The smallest absolute Gasteiger partial charge is 0.279 e. The molecule has 1 aromatic rings. The fraction of sp³-hybridized carbons (Fsp3) is 0.417. The molecule has 0 saturated carbocycles. The van der Waals surface area contributed by atoms with Crippen molar-refractivity contribution in [3.05, 3.63) is 35.9 Å². The van der Waals surface area contributed by atoms with E-state index in [1.807, 2.05) is 30.3 Å². The van der Waals surface area contributed by atoms with Gasteiger partial charge in [0.05, 0.1) is 7.11 Å². The Labute approximate surface area is 101 Å². The Morgan fingerprint density at radius 1 is 1.29 bits per heavy atom. The van der Waals surface area contributed by atoms with Gasteiger partial charge in [0.15, 0.2) is 6.10 Å². The summed E-state index contributed by atoms with van der Waals surface area (Å²) in [6.07, 6.45) is -0.721. The molecule has 0 N–H and O–H groups in total. The second kappa shape index (κ2) is 7.01. The van der Waals surface area contributed by atoms with Crippen LogP contribution in [-0.4, -0.2) is 39.0 Å². The van der Waals surface area contributed by atoms with Gasteiger partial charge < -0.3 is 9.47 Å². The maximum Gasteiger partial charge on any atom is 0.279 e. The van der Waals surface area contributed by atoms with Crippen LogP contribution < -0.4 is 0 Å². The number of ether oxygens (including phenoxy) is 2. The van der Waals surface area contributed by atoms with Crippen molar-refractivity contribution in [1.82, 2.24) is 5.06 Å². The number of amides is 1. The monoisotopic (exact) mass is 239 g/mol. The molecule has 5 heteroatoms. The van der Waals surface area contributed by atoms with Gasteiger partial charge in [-0.3, -0.25) is 9.63 Å². The number of hydroxylamine groups is 2. The lowest BCUT2D eigenvalue weighted by molar-refractivity contribution is -0.187. The van der Waals surface area contributed by atoms with E-state index in [0.29, 0.717) is 0 Å². The zero-order chi connectivity index (χ0) is 12.7. The van der Waals surface area contributed by atoms with Gasteiger partial charge in [0.1, 0.15) is 6.79 Å². The molecule has 0 spiro atoms. The van der Waals surface area contributed by atoms with Gasteiger partial charge in [0.25, 0.3) is 5.91 Å². The molecule has 1 aromatic carbocycles. The lowest BCUT2D eigenvalue weighted by Gasteiger charge is -2.22. The van der Waals surface area contributed by atoms with Crippen molar-refractivity contribution >= 4 is 5.91 Å². The molecule has 0 aliphatic heterocycles. The third kappa shape index (κ3) is 3.81. The second-order valence-electron chi connectivity index (χ2n) is 3.38. The summed E-state index contributed by atoms with van der Waals surface area (Å²) in [5.41, 5.74) is 0.762. The molecule has 0 heterocycles. The minimum atomic E-state index is -0.721. The van der Waals surface area contributed by atoms with Crippen molar-refractivity contribution < 1.29 is 19.1 Å². The van der Waals surface area contributed by atoms with Gasteiger partial charge in [-0.1, -0.05) is 30.3 Å². The van der Waals surface area contributed by atoms with E-state index >= 15 is 0 Å². The fourth-order valence-electron chi connectivity index (χ4n) is 1.33. The topological polar surface area (TPSA) is 48.0 Å². The van der Waals surface area contributed by atoms with Gasteiger partial charge in [-0.15, -0.1) is 0 Å². The first-order chi connectivity index (χ1) is 8.20. The number of nitrogens with zero attached hydrogens (tertiary/aromatic N) is 1.